The van der Waals surface area contributed by atoms with Gasteiger partial charge in [-0.3, -0.25) is 0 Å². The van der Waals surface area contributed by atoms with E-state index < -0.39 is 32.2 Å². The molecular weight excluding hydrogens is 598 g/mol. The van der Waals surface area contributed by atoms with E-state index in [9.17, 15) is 8.78 Å². The molecule has 0 saturated heterocycles. The van der Waals surface area contributed by atoms with Gasteiger partial charge >= 0.3 is 248 Å². The third kappa shape index (κ3) is 3.79. The molecule has 0 radical (unpaired) electrons. The Kier molecular flexibility index (Phi) is 6.14. The molecule has 4 bridgehead atoms. The molecule has 4 aromatic rings. The summed E-state index contributed by atoms with van der Waals surface area (Å²) in [5, 5.41) is 2.78. The van der Waals surface area contributed by atoms with Gasteiger partial charge in [-0.2, -0.15) is 0 Å². The first-order valence-corrected chi connectivity index (χ1v) is 18.6. The summed E-state index contributed by atoms with van der Waals surface area (Å²) in [6, 6.07) is 26.8. The zero-order valence-corrected chi connectivity index (χ0v) is 26.3. The molecule has 2 unspecified atom stereocenters. The van der Waals surface area contributed by atoms with Gasteiger partial charge < -0.3 is 0 Å². The molecule has 0 spiro atoms. The van der Waals surface area contributed by atoms with E-state index in [2.05, 4.69) is 75.5 Å². The number of benzene rings is 4. The summed E-state index contributed by atoms with van der Waals surface area (Å²) in [6.07, 6.45) is 0. The van der Waals surface area contributed by atoms with Crippen LogP contribution in [0, 0.1) is 11.6 Å². The van der Waals surface area contributed by atoms with Crippen molar-refractivity contribution < 1.29 is 38.5 Å². The van der Waals surface area contributed by atoms with Crippen LogP contribution in [0.5, 0.6) is 11.5 Å². The van der Waals surface area contributed by atoms with Gasteiger partial charge in [-0.05, 0) is 0 Å². The van der Waals surface area contributed by atoms with Crippen molar-refractivity contribution >= 4 is 18.5 Å². The molecule has 0 amide bonds. The third-order valence-corrected chi connectivity index (χ3v) is 14.2. The van der Waals surface area contributed by atoms with E-state index in [4.69, 9.17) is 5.63 Å². The van der Waals surface area contributed by atoms with Crippen molar-refractivity contribution in [3.8, 4) is 11.5 Å². The molecule has 0 fully saturated rings. The topological polar surface area (TPSA) is 18.5 Å². The van der Waals surface area contributed by atoms with Crippen LogP contribution in [-0.2, 0) is 24.1 Å². The third-order valence-electron chi connectivity index (χ3n) is 8.86. The zero-order valence-electron chi connectivity index (χ0n) is 22.8. The predicted octanol–water partition coefficient (Wildman–Crippen LogP) is 8.97. The average Bonchev–Trinajstić information content (AvgIpc) is 3.40. The first kappa shape index (κ1) is 25.9. The molecule has 7 rings (SSSR count). The fraction of sp³-hybridized carbons (Fsp3) is 0.176. The van der Waals surface area contributed by atoms with Crippen molar-refractivity contribution in [3.05, 3.63) is 141 Å². The maximum atomic E-state index is 14.8. The number of halogens is 2. The van der Waals surface area contributed by atoms with Crippen LogP contribution in [0.4, 0.5) is 8.78 Å². The summed E-state index contributed by atoms with van der Waals surface area (Å²) in [4.78, 5) is 0. The summed E-state index contributed by atoms with van der Waals surface area (Å²) < 4.78 is 42.4. The maximum absolute atomic E-state index is 14.8. The molecular formula is C34H28F2O2SiZr. The van der Waals surface area contributed by atoms with E-state index in [0.717, 1.165) is 11.1 Å². The molecule has 6 heteroatoms. The molecule has 4 aromatic carbocycles. The second kappa shape index (κ2) is 9.49. The molecule has 0 saturated carbocycles. The van der Waals surface area contributed by atoms with Gasteiger partial charge in [0.05, 0.1) is 0 Å². The molecule has 0 N–H and O–H groups in total. The monoisotopic (exact) mass is 624 g/mol. The Bertz CT molecular complexity index is 1650. The number of hydrogen-bond acceptors (Lipinski definition) is 2. The van der Waals surface area contributed by atoms with Gasteiger partial charge in [0.15, 0.2) is 0 Å². The van der Waals surface area contributed by atoms with Crippen molar-refractivity contribution in [2.24, 2.45) is 0 Å². The summed E-state index contributed by atoms with van der Waals surface area (Å²) in [5.41, 5.74) is 9.06. The van der Waals surface area contributed by atoms with E-state index >= 15 is 0 Å². The van der Waals surface area contributed by atoms with E-state index in [1.165, 1.54) is 55.9 Å². The molecule has 2 aliphatic carbocycles. The molecule has 40 heavy (non-hydrogen) atoms. The Balaban J connectivity index is 1.57. The van der Waals surface area contributed by atoms with E-state index in [-0.39, 0.29) is 23.5 Å². The van der Waals surface area contributed by atoms with Crippen LogP contribution in [0.2, 0.25) is 13.1 Å². The van der Waals surface area contributed by atoms with Gasteiger partial charge in [0.25, 0.3) is 0 Å². The molecule has 1 aliphatic heterocycles. The Labute approximate surface area is 247 Å². The normalized spacial score (nSPS) is 20.4. The number of fused-ring (bicyclic) bond motifs is 12. The van der Waals surface area contributed by atoms with Crippen LogP contribution < -0.4 is 5.63 Å². The zero-order chi connectivity index (χ0) is 27.8. The summed E-state index contributed by atoms with van der Waals surface area (Å²) >= 11 is -1.92. The van der Waals surface area contributed by atoms with Gasteiger partial charge in [0.2, 0.25) is 0 Å². The van der Waals surface area contributed by atoms with Crippen LogP contribution >= 0.6 is 0 Å². The molecule has 1 heterocycles. The minimum absolute atomic E-state index is 0.0966. The Morgan fingerprint density at radius 1 is 0.600 bits per heavy atom. The van der Waals surface area contributed by atoms with E-state index in [1.807, 2.05) is 0 Å². The van der Waals surface area contributed by atoms with Gasteiger partial charge in [-0.1, -0.05) is 0 Å². The molecule has 2 nitrogen and oxygen atoms in total. The molecule has 198 valence electrons. The Hall–Kier alpha value is -3.08. The Morgan fingerprint density at radius 3 is 1.48 bits per heavy atom. The van der Waals surface area contributed by atoms with Crippen molar-refractivity contribution in [1.82, 2.24) is 0 Å². The van der Waals surface area contributed by atoms with Gasteiger partial charge in [0.1, 0.15) is 0 Å². The molecule has 0 aromatic heterocycles. The predicted molar refractivity (Wildman–Crippen MR) is 153 cm³/mol. The second-order valence-corrected chi connectivity index (χ2v) is 17.1. The van der Waals surface area contributed by atoms with Crippen molar-refractivity contribution in [3.63, 3.8) is 0 Å². The van der Waals surface area contributed by atoms with Crippen LogP contribution in [0.15, 0.2) is 96.1 Å². The fourth-order valence-electron chi connectivity index (χ4n) is 7.50. The quantitative estimate of drug-likeness (QED) is 0.182. The van der Waals surface area contributed by atoms with Crippen molar-refractivity contribution in [2.45, 2.75) is 38.8 Å². The summed E-state index contributed by atoms with van der Waals surface area (Å²) in [5.74, 6) is 0.570. The summed E-state index contributed by atoms with van der Waals surface area (Å²) in [7, 11) is -2.37. The molecule has 2 atom stereocenters. The van der Waals surface area contributed by atoms with Gasteiger partial charge in [-0.15, -0.1) is 0 Å². The minimum atomic E-state index is -2.37. The first-order chi connectivity index (χ1) is 19.3. The Morgan fingerprint density at radius 2 is 1.02 bits per heavy atom. The van der Waals surface area contributed by atoms with Gasteiger partial charge in [-0.25, -0.2) is 0 Å². The van der Waals surface area contributed by atoms with Crippen LogP contribution in [0.25, 0.3) is 10.4 Å². The van der Waals surface area contributed by atoms with Crippen LogP contribution in [-0.4, -0.2) is 8.07 Å². The van der Waals surface area contributed by atoms with Crippen molar-refractivity contribution in [1.29, 1.82) is 0 Å². The standard InChI is InChI=1S/C34H30F2O2Si.Zr/c1-19-31(27-17-21(35)13-15-29(27)37)23-9-5-7-11-25(23)33(19)39(3,4)34-20(2)32(24-10-6-8-12-26(24)34)28-18-22(36)14-16-30(28)38;/h5-18,31-32,37-38H,1-4H3;/q;+2/p-2. The number of allylic oxidation sites excluding steroid dienone is 2. The van der Waals surface area contributed by atoms with E-state index in [0.29, 0.717) is 11.5 Å². The molecule has 3 aliphatic rings. The van der Waals surface area contributed by atoms with Crippen molar-refractivity contribution in [2.75, 3.05) is 0 Å². The fourth-order valence-corrected chi connectivity index (χ4v) is 13.3. The van der Waals surface area contributed by atoms with Crippen LogP contribution in [0.3, 0.4) is 0 Å². The number of hydrogen-bond donors (Lipinski definition) is 0. The second-order valence-electron chi connectivity index (χ2n) is 11.4. The van der Waals surface area contributed by atoms with E-state index in [1.54, 1.807) is 24.3 Å². The first-order valence-electron chi connectivity index (χ1n) is 13.6. The SMILES string of the molecule is CC1=C2c3ccccc3C1c1cc(F)ccc1[O][Zr][O]c1ccc(F)cc1C1C(C)=C(c3ccccc31)[Si]2(C)C. The van der Waals surface area contributed by atoms with Crippen LogP contribution in [0.1, 0.15) is 59.1 Å². The van der Waals surface area contributed by atoms with Gasteiger partial charge in [0, 0.05) is 0 Å². The average molecular weight is 626 g/mol. The summed E-state index contributed by atoms with van der Waals surface area (Å²) in [6.45, 7) is 9.28. The number of rotatable bonds is 0.